The van der Waals surface area contributed by atoms with E-state index in [9.17, 15) is 16.8 Å². The summed E-state index contributed by atoms with van der Waals surface area (Å²) < 4.78 is 82.5. The molecule has 0 amide bonds. The molecule has 1 N–H and O–H groups in total. The van der Waals surface area contributed by atoms with Gasteiger partial charge in [0.2, 0.25) is 21.5 Å². The Labute approximate surface area is 205 Å². The SMILES string of the molecule is COc1cc(C#CS(=O)(=O)NS(=O)(=O)CCc2cc(OC)c(OC)c(OC)c2)cc(OC)c1OC. The molecular formula is C22H27NO10S2. The first-order valence-corrected chi connectivity index (χ1v) is 13.0. The van der Waals surface area contributed by atoms with Crippen LogP contribution in [0.15, 0.2) is 24.3 Å². The van der Waals surface area contributed by atoms with Crippen LogP contribution in [0.3, 0.4) is 0 Å². The number of rotatable bonds is 11. The van der Waals surface area contributed by atoms with Gasteiger partial charge >= 0.3 is 0 Å². The molecule has 0 aliphatic rings. The van der Waals surface area contributed by atoms with Crippen LogP contribution >= 0.6 is 0 Å². The van der Waals surface area contributed by atoms with Crippen molar-refractivity contribution in [2.75, 3.05) is 48.4 Å². The van der Waals surface area contributed by atoms with Gasteiger partial charge in [0.1, 0.15) is 0 Å². The Balaban J connectivity index is 2.22. The van der Waals surface area contributed by atoms with Crippen molar-refractivity contribution in [2.45, 2.75) is 6.42 Å². The topological polar surface area (TPSA) is 136 Å². The molecule has 0 unspecified atom stereocenters. The Morgan fingerprint density at radius 2 is 1.11 bits per heavy atom. The van der Waals surface area contributed by atoms with Gasteiger partial charge in [-0.15, -0.1) is 0 Å². The second kappa shape index (κ2) is 11.9. The van der Waals surface area contributed by atoms with Crippen molar-refractivity contribution in [3.05, 3.63) is 35.4 Å². The number of hydrogen-bond acceptors (Lipinski definition) is 10. The number of ether oxygens (including phenoxy) is 6. The van der Waals surface area contributed by atoms with Crippen LogP contribution < -0.4 is 32.5 Å². The molecule has 0 aromatic heterocycles. The number of hydrogen-bond donors (Lipinski definition) is 1. The molecule has 2 aromatic carbocycles. The number of methoxy groups -OCH3 is 6. The molecule has 0 spiro atoms. The highest BCUT2D eigenvalue weighted by Crippen LogP contribution is 2.39. The Bertz CT molecular complexity index is 1280. The predicted octanol–water partition coefficient (Wildman–Crippen LogP) is 1.54. The molecule has 0 heterocycles. The second-order valence-electron chi connectivity index (χ2n) is 6.83. The zero-order valence-corrected chi connectivity index (χ0v) is 21.8. The standard InChI is InChI=1S/C22H27NO10S2/c1-28-17-11-15(12-18(29-2)21(17)32-5)7-9-34(24,25)23-35(26,27)10-8-16-13-19(30-3)22(33-6)20(14-16)31-4/h11-14,23H,7,9H2,1-6H3. The fraction of sp³-hybridized carbons (Fsp3) is 0.364. The molecule has 35 heavy (non-hydrogen) atoms. The van der Waals surface area contributed by atoms with E-state index in [1.54, 1.807) is 16.3 Å². The predicted molar refractivity (Wildman–Crippen MR) is 129 cm³/mol. The summed E-state index contributed by atoms with van der Waals surface area (Å²) in [6.45, 7) is 0. The van der Waals surface area contributed by atoms with Crippen LogP contribution in [-0.2, 0) is 26.5 Å². The molecule has 192 valence electrons. The first kappa shape index (κ1) is 27.9. The van der Waals surface area contributed by atoms with Crippen LogP contribution in [0.2, 0.25) is 0 Å². The fourth-order valence-electron chi connectivity index (χ4n) is 3.04. The van der Waals surface area contributed by atoms with Gasteiger partial charge < -0.3 is 28.4 Å². The van der Waals surface area contributed by atoms with E-state index in [0.717, 1.165) is 0 Å². The lowest BCUT2D eigenvalue weighted by Crippen LogP contribution is -2.32. The van der Waals surface area contributed by atoms with E-state index < -0.39 is 25.8 Å². The summed E-state index contributed by atoms with van der Waals surface area (Å²) in [5.74, 6) is 3.73. The largest absolute Gasteiger partial charge is 0.493 e. The molecule has 0 saturated carbocycles. The van der Waals surface area contributed by atoms with E-state index >= 15 is 0 Å². The summed E-state index contributed by atoms with van der Waals surface area (Å²) in [4.78, 5) is 0. The summed E-state index contributed by atoms with van der Waals surface area (Å²) in [6.07, 6.45) is -0.0259. The molecule has 0 saturated heterocycles. The maximum Gasteiger partial charge on any atom is 0.293 e. The van der Waals surface area contributed by atoms with Gasteiger partial charge in [0.05, 0.1) is 48.4 Å². The monoisotopic (exact) mass is 529 g/mol. The zero-order valence-electron chi connectivity index (χ0n) is 20.1. The van der Waals surface area contributed by atoms with Gasteiger partial charge in [-0.2, -0.15) is 8.42 Å². The van der Waals surface area contributed by atoms with Gasteiger partial charge in [-0.3, -0.25) is 0 Å². The quantitative estimate of drug-likeness (QED) is 0.427. The average Bonchev–Trinajstić information content (AvgIpc) is 2.84. The first-order valence-electron chi connectivity index (χ1n) is 9.90. The molecule has 11 nitrogen and oxygen atoms in total. The highest BCUT2D eigenvalue weighted by Gasteiger charge is 2.21. The maximum absolute atomic E-state index is 12.4. The smallest absolute Gasteiger partial charge is 0.293 e. The van der Waals surface area contributed by atoms with Crippen molar-refractivity contribution in [1.82, 2.24) is 4.13 Å². The fourth-order valence-corrected chi connectivity index (χ4v) is 5.63. The Hall–Kier alpha value is -3.34. The minimum atomic E-state index is -4.51. The van der Waals surface area contributed by atoms with Gasteiger partial charge in [-0.05, 0) is 42.2 Å². The Morgan fingerprint density at radius 3 is 1.51 bits per heavy atom. The lowest BCUT2D eigenvalue weighted by atomic mass is 10.1. The maximum atomic E-state index is 12.4. The Kier molecular flexibility index (Phi) is 9.47. The summed E-state index contributed by atoms with van der Waals surface area (Å²) >= 11 is 0. The summed E-state index contributed by atoms with van der Waals surface area (Å²) in [5, 5.41) is 1.94. The zero-order chi connectivity index (χ0) is 26.2. The molecule has 2 aromatic rings. The lowest BCUT2D eigenvalue weighted by molar-refractivity contribution is 0.324. The third-order valence-corrected chi connectivity index (χ3v) is 7.62. The highest BCUT2D eigenvalue weighted by molar-refractivity contribution is 8.07. The van der Waals surface area contributed by atoms with E-state index in [1.807, 2.05) is 5.25 Å². The van der Waals surface area contributed by atoms with Crippen molar-refractivity contribution in [3.8, 4) is 45.7 Å². The number of aryl methyl sites for hydroxylation is 1. The molecule has 0 radical (unpaired) electrons. The van der Waals surface area contributed by atoms with Crippen LogP contribution in [-0.4, -0.2) is 65.2 Å². The molecular weight excluding hydrogens is 502 g/mol. The summed E-state index contributed by atoms with van der Waals surface area (Å²) in [5.41, 5.74) is 0.741. The highest BCUT2D eigenvalue weighted by atomic mass is 32.3. The molecule has 0 bridgehead atoms. The van der Waals surface area contributed by atoms with Crippen LogP contribution in [0.25, 0.3) is 0 Å². The number of nitrogens with one attached hydrogen (secondary N) is 1. The normalized spacial score (nSPS) is 11.1. The third kappa shape index (κ3) is 7.32. The minimum Gasteiger partial charge on any atom is -0.493 e. The van der Waals surface area contributed by atoms with Crippen molar-refractivity contribution >= 4 is 20.0 Å². The van der Waals surface area contributed by atoms with E-state index in [1.165, 1.54) is 54.8 Å². The number of sulfonamides is 2. The van der Waals surface area contributed by atoms with E-state index in [0.29, 0.717) is 28.6 Å². The first-order chi connectivity index (χ1) is 16.5. The minimum absolute atomic E-state index is 0.0259. The molecule has 0 fully saturated rings. The second-order valence-corrected chi connectivity index (χ2v) is 10.3. The number of benzene rings is 2. The van der Waals surface area contributed by atoms with Crippen molar-refractivity contribution in [2.24, 2.45) is 0 Å². The van der Waals surface area contributed by atoms with Gasteiger partial charge in [-0.25, -0.2) is 8.42 Å². The van der Waals surface area contributed by atoms with Gasteiger partial charge in [0, 0.05) is 10.8 Å². The van der Waals surface area contributed by atoms with Gasteiger partial charge in [0.25, 0.3) is 10.0 Å². The van der Waals surface area contributed by atoms with Crippen LogP contribution in [0.1, 0.15) is 11.1 Å². The van der Waals surface area contributed by atoms with E-state index in [4.69, 9.17) is 28.4 Å². The molecule has 0 atom stereocenters. The van der Waals surface area contributed by atoms with E-state index in [-0.39, 0.29) is 23.5 Å². The van der Waals surface area contributed by atoms with Crippen LogP contribution in [0.5, 0.6) is 34.5 Å². The summed E-state index contributed by atoms with van der Waals surface area (Å²) in [6, 6.07) is 6.02. The van der Waals surface area contributed by atoms with Crippen LogP contribution in [0.4, 0.5) is 0 Å². The van der Waals surface area contributed by atoms with Gasteiger partial charge in [-0.1, -0.05) is 4.13 Å². The van der Waals surface area contributed by atoms with E-state index in [2.05, 4.69) is 5.92 Å². The Morgan fingerprint density at radius 1 is 0.686 bits per heavy atom. The van der Waals surface area contributed by atoms with Gasteiger partial charge in [0.15, 0.2) is 23.0 Å². The van der Waals surface area contributed by atoms with Crippen molar-refractivity contribution in [3.63, 3.8) is 0 Å². The third-order valence-electron chi connectivity index (χ3n) is 4.62. The average molecular weight is 530 g/mol. The van der Waals surface area contributed by atoms with Crippen LogP contribution in [0, 0.1) is 11.2 Å². The lowest BCUT2D eigenvalue weighted by Gasteiger charge is -2.14. The summed E-state index contributed by atoms with van der Waals surface area (Å²) in [7, 11) is -0.257. The molecule has 13 heteroatoms. The molecule has 0 aliphatic heterocycles. The van der Waals surface area contributed by atoms with Crippen molar-refractivity contribution < 1.29 is 45.3 Å². The molecule has 0 aliphatic carbocycles. The van der Waals surface area contributed by atoms with Crippen molar-refractivity contribution in [1.29, 1.82) is 0 Å². The molecule has 2 rings (SSSR count).